The fraction of sp³-hybridized carbons (Fsp3) is 0.0485. The molecule has 0 aromatic heterocycles. The first kappa shape index (κ1) is 66.6. The molecule has 0 N–H and O–H groups in total. The number of hydrogen-bond donors (Lipinski definition) is 0. The molecule has 0 heterocycles. The molecule has 8 heteroatoms. The number of ether oxygens (including phenoxy) is 2. The average Bonchev–Trinajstić information content (AvgIpc) is 1.51. The van der Waals surface area contributed by atoms with Crippen LogP contribution >= 0.6 is 0 Å². The molecule has 0 amide bonds. The topological polar surface area (TPSA) is 24.9 Å². The molecule has 530 valence electrons. The molecule has 0 saturated carbocycles. The predicted octanol–water partition coefficient (Wildman–Crippen LogP) is 27.2. The van der Waals surface area contributed by atoms with E-state index in [-0.39, 0.29) is 23.3 Å². The summed E-state index contributed by atoms with van der Waals surface area (Å²) in [5.41, 5.74) is 22.5. The third kappa shape index (κ3) is 10.3. The van der Waals surface area contributed by atoms with Gasteiger partial charge in [-0.15, -0.1) is 0 Å². The van der Waals surface area contributed by atoms with Gasteiger partial charge in [0.2, 0.25) is 0 Å². The highest BCUT2D eigenvalue weighted by Gasteiger charge is 2.54. The van der Waals surface area contributed by atoms with Crippen LogP contribution in [0.15, 0.2) is 371 Å². The van der Waals surface area contributed by atoms with E-state index in [1.807, 2.05) is 146 Å². The van der Waals surface area contributed by atoms with Crippen LogP contribution in [0.5, 0.6) is 23.0 Å². The maximum Gasteiger partial charge on any atom is 0.127 e. The van der Waals surface area contributed by atoms with E-state index < -0.39 is 16.2 Å². The summed E-state index contributed by atoms with van der Waals surface area (Å²) in [6.07, 6.45) is 9.48. The van der Waals surface area contributed by atoms with Crippen LogP contribution in [0.1, 0.15) is 90.7 Å². The summed E-state index contributed by atoms with van der Waals surface area (Å²) in [6.45, 7) is 7.83. The lowest BCUT2D eigenvalue weighted by Gasteiger charge is -2.37. The molecule has 5 aliphatic rings. The van der Waals surface area contributed by atoms with Crippen LogP contribution < -0.4 is 19.3 Å². The van der Waals surface area contributed by atoms with E-state index in [0.717, 1.165) is 140 Å². The monoisotopic (exact) mass is 1440 g/mol. The zero-order chi connectivity index (χ0) is 74.7. The Morgan fingerprint density at radius 1 is 0.288 bits per heavy atom. The fourth-order valence-electron chi connectivity index (χ4n) is 18.8. The molecule has 111 heavy (non-hydrogen) atoms. The van der Waals surface area contributed by atoms with E-state index >= 15 is 17.6 Å². The Morgan fingerprint density at radius 3 is 1.01 bits per heavy atom. The summed E-state index contributed by atoms with van der Waals surface area (Å²) >= 11 is 0. The second-order valence-corrected chi connectivity index (χ2v) is 29.0. The third-order valence-corrected chi connectivity index (χ3v) is 23.4. The van der Waals surface area contributed by atoms with Crippen molar-refractivity contribution in [3.8, 4) is 56.4 Å². The summed E-state index contributed by atoms with van der Waals surface area (Å²) < 4.78 is 79.1. The molecule has 0 saturated heterocycles. The summed E-state index contributed by atoms with van der Waals surface area (Å²) in [7, 11) is 0. The van der Waals surface area contributed by atoms with Crippen molar-refractivity contribution in [3.63, 3.8) is 0 Å². The van der Waals surface area contributed by atoms with Crippen molar-refractivity contribution in [2.45, 2.75) is 29.1 Å². The Hall–Kier alpha value is -13.8. The smallest absolute Gasteiger partial charge is 0.127 e. The zero-order valence-electron chi connectivity index (χ0n) is 60.2. The van der Waals surface area contributed by atoms with Crippen molar-refractivity contribution in [2.24, 2.45) is 0 Å². The van der Waals surface area contributed by atoms with E-state index in [1.165, 1.54) is 30.3 Å². The second kappa shape index (κ2) is 26.3. The van der Waals surface area contributed by atoms with Gasteiger partial charge in [-0.3, -0.25) is 0 Å². The molecule has 4 nitrogen and oxygen atoms in total. The number of fused-ring (bicyclic) bond motifs is 15. The molecule has 15 aromatic rings. The Bertz CT molecular complexity index is 6350. The fourth-order valence-corrected chi connectivity index (χ4v) is 18.8. The standard InChI is InChI=1S/C103H68F4N2O2/c1-3-65-29-49-77(50-30-65)110-79-53-33-67(34-54-79)101(93-25-13-15-27-99(93)106)89-21-9-5-17-81(89)85-57-45-73(61-95(85)101)108(71-41-37-69(104)38-42-71)75-47-59-87-83-19-7-11-23-91(83)103(97(87)63-75)92-24-12-8-20-84(92)88-60-48-76(64-98(88)103)109(72-43-39-70(105)40-44-72)74-46-58-86-82-18-6-10-22-90(82)102(96(86)62-74,94-26-14-16-28-100(94)107)68-35-55-80(56-36-68)111-78-51-31-66(4-2)32-52-78/h3-9,11-21,23-64H,1-2,10,22H2. The normalized spacial score (nSPS) is 16.9. The second-order valence-electron chi connectivity index (χ2n) is 29.0. The maximum atomic E-state index is 17.5. The first-order valence-corrected chi connectivity index (χ1v) is 37.5. The van der Waals surface area contributed by atoms with E-state index in [2.05, 4.69) is 181 Å². The van der Waals surface area contributed by atoms with Crippen molar-refractivity contribution in [2.75, 3.05) is 9.80 Å². The zero-order valence-corrected chi connectivity index (χ0v) is 60.2. The van der Waals surface area contributed by atoms with Gasteiger partial charge in [0.1, 0.15) is 46.3 Å². The number of anilines is 6. The molecule has 5 aliphatic carbocycles. The van der Waals surface area contributed by atoms with Crippen LogP contribution in [0.3, 0.4) is 0 Å². The predicted molar refractivity (Wildman–Crippen MR) is 441 cm³/mol. The number of allylic oxidation sites excluding steroid dienone is 4. The molecule has 20 rings (SSSR count). The highest BCUT2D eigenvalue weighted by molar-refractivity contribution is 5.99. The number of nitrogens with zero attached hydrogens (tertiary/aromatic N) is 2. The molecule has 0 radical (unpaired) electrons. The van der Waals surface area contributed by atoms with E-state index in [4.69, 9.17) is 9.47 Å². The SMILES string of the molecule is C=Cc1ccc(Oc2ccc(C3(c4ccccc4F)C4=C(C=CCC4)c4ccc(N(c5ccc(F)cc5)c5ccc6c(c5)C5(c7ccccc7-6)c6ccccc6-c6ccc(N(c7ccc(F)cc7)c7ccc8c(c7)C(c7ccc(Oc9ccc(C=C)cc9)cc7)(c7ccccc7F)c7ccccc7-8)cc65)cc43)cc2)cc1. The molecule has 0 bridgehead atoms. The quantitative estimate of drug-likeness (QED) is 0.0900. The molecule has 15 aromatic carbocycles. The van der Waals surface area contributed by atoms with Gasteiger partial charge >= 0.3 is 0 Å². The Balaban J connectivity index is 0.764. The molecule has 0 aliphatic heterocycles. The van der Waals surface area contributed by atoms with Crippen LogP contribution in [0, 0.1) is 23.3 Å². The van der Waals surface area contributed by atoms with Gasteiger partial charge in [-0.25, -0.2) is 17.6 Å². The van der Waals surface area contributed by atoms with Gasteiger partial charge < -0.3 is 19.3 Å². The van der Waals surface area contributed by atoms with Crippen LogP contribution in [0.4, 0.5) is 51.7 Å². The summed E-state index contributed by atoms with van der Waals surface area (Å²) in [6, 6.07) is 111. The lowest BCUT2D eigenvalue weighted by atomic mass is 9.65. The molecular weight excluding hydrogens is 1370 g/mol. The molecule has 3 unspecified atom stereocenters. The van der Waals surface area contributed by atoms with Crippen molar-refractivity contribution >= 4 is 51.8 Å². The third-order valence-electron chi connectivity index (χ3n) is 23.4. The summed E-state index contributed by atoms with van der Waals surface area (Å²) in [5, 5.41) is 0. The van der Waals surface area contributed by atoms with Crippen molar-refractivity contribution in [1.29, 1.82) is 0 Å². The van der Waals surface area contributed by atoms with Crippen LogP contribution in [-0.2, 0) is 16.2 Å². The van der Waals surface area contributed by atoms with Gasteiger partial charge in [0.25, 0.3) is 0 Å². The number of hydrogen-bond acceptors (Lipinski definition) is 4. The van der Waals surface area contributed by atoms with Gasteiger partial charge in [0.15, 0.2) is 0 Å². The summed E-state index contributed by atoms with van der Waals surface area (Å²) in [5.74, 6) is 1.18. The highest BCUT2D eigenvalue weighted by Crippen LogP contribution is 2.66. The Morgan fingerprint density at radius 2 is 0.604 bits per heavy atom. The Labute approximate surface area is 642 Å². The van der Waals surface area contributed by atoms with E-state index in [0.29, 0.717) is 51.9 Å². The van der Waals surface area contributed by atoms with Crippen molar-refractivity contribution in [3.05, 3.63) is 472 Å². The van der Waals surface area contributed by atoms with Crippen molar-refractivity contribution < 1.29 is 27.0 Å². The van der Waals surface area contributed by atoms with E-state index in [9.17, 15) is 0 Å². The first-order valence-electron chi connectivity index (χ1n) is 37.5. The van der Waals surface area contributed by atoms with Gasteiger partial charge in [-0.05, 0) is 282 Å². The van der Waals surface area contributed by atoms with Crippen LogP contribution in [0.2, 0.25) is 0 Å². The summed E-state index contributed by atoms with van der Waals surface area (Å²) in [4.78, 5) is 4.40. The van der Waals surface area contributed by atoms with Crippen LogP contribution in [-0.4, -0.2) is 0 Å². The minimum absolute atomic E-state index is 0.323. The maximum absolute atomic E-state index is 17.5. The molecular formula is C103H68F4N2O2. The number of halogens is 4. The van der Waals surface area contributed by atoms with Gasteiger partial charge in [-0.1, -0.05) is 219 Å². The molecule has 0 fully saturated rings. The van der Waals surface area contributed by atoms with E-state index in [1.54, 1.807) is 30.4 Å². The van der Waals surface area contributed by atoms with Crippen molar-refractivity contribution in [1.82, 2.24) is 0 Å². The van der Waals surface area contributed by atoms with Gasteiger partial charge in [0.05, 0.1) is 16.2 Å². The molecule has 3 atom stereocenters. The highest BCUT2D eigenvalue weighted by atomic mass is 19.1. The minimum atomic E-state index is -1.18. The lowest BCUT2D eigenvalue weighted by molar-refractivity contribution is 0.481. The number of benzene rings is 15. The first-order chi connectivity index (χ1) is 54.5. The average molecular weight is 1440 g/mol. The van der Waals surface area contributed by atoms with Crippen LogP contribution in [0.25, 0.3) is 51.1 Å². The Kier molecular flexibility index (Phi) is 15.8. The minimum Gasteiger partial charge on any atom is -0.457 e. The molecule has 1 spiro atoms. The number of rotatable bonds is 16. The van der Waals surface area contributed by atoms with Gasteiger partial charge in [-0.2, -0.15) is 0 Å². The lowest BCUT2D eigenvalue weighted by Crippen LogP contribution is -2.31. The largest absolute Gasteiger partial charge is 0.457 e. The van der Waals surface area contributed by atoms with Gasteiger partial charge in [0, 0.05) is 45.3 Å².